The molecule has 3 N–H and O–H groups in total. The molecule has 1 fully saturated rings. The van der Waals surface area contributed by atoms with Crippen LogP contribution in [0.4, 0.5) is 16.4 Å². The minimum Gasteiger partial charge on any atom is -0.497 e. The number of rotatable bonds is 15. The number of ether oxygens (including phenoxy) is 3. The van der Waals surface area contributed by atoms with E-state index in [0.717, 1.165) is 46.8 Å². The van der Waals surface area contributed by atoms with Crippen molar-refractivity contribution in [2.24, 2.45) is 0 Å². The number of pyridine rings is 1. The highest BCUT2D eigenvalue weighted by atomic mass is 16.5. The standard InChI is InChI=1S/C39H48N8O6/c1-6-7-26(3)53-38-43-37(46(23-27-8-12-31(51-4)13-9-27)24-28-10-14-32(52-5)15-11-28)36-41-22-33(47(36)44-38)34(48)29-20-25(2)35(40-21-29)45-18-16-30(17-19-45)42-39(49)50/h8-15,20-22,26,30,34,42,48H,6-7,16-19,23-24H2,1-5H3,(H,49,50)/t26-,34?/m0/s1. The van der Waals surface area contributed by atoms with Crippen LogP contribution in [0.25, 0.3) is 5.65 Å². The summed E-state index contributed by atoms with van der Waals surface area (Å²) in [6, 6.07) is 17.8. The normalized spacial score (nSPS) is 14.5. The molecule has 0 radical (unpaired) electrons. The zero-order valence-corrected chi connectivity index (χ0v) is 30.9. The Labute approximate surface area is 309 Å². The smallest absolute Gasteiger partial charge is 0.404 e. The summed E-state index contributed by atoms with van der Waals surface area (Å²) in [4.78, 5) is 29.9. The van der Waals surface area contributed by atoms with E-state index in [1.54, 1.807) is 31.1 Å². The molecule has 2 atom stereocenters. The number of amides is 1. The molecule has 1 saturated heterocycles. The summed E-state index contributed by atoms with van der Waals surface area (Å²) in [6.45, 7) is 8.40. The molecule has 4 heterocycles. The van der Waals surface area contributed by atoms with Crippen LogP contribution in [0, 0.1) is 6.92 Å². The van der Waals surface area contributed by atoms with Crippen molar-refractivity contribution in [1.82, 2.24) is 29.9 Å². The molecule has 14 heteroatoms. The first kappa shape index (κ1) is 37.1. The van der Waals surface area contributed by atoms with E-state index in [1.165, 1.54) is 0 Å². The fourth-order valence-electron chi connectivity index (χ4n) is 6.72. The summed E-state index contributed by atoms with van der Waals surface area (Å²) in [5.74, 6) is 2.89. The number of piperidine rings is 1. The Kier molecular flexibility index (Phi) is 11.8. The zero-order chi connectivity index (χ0) is 37.5. The van der Waals surface area contributed by atoms with Crippen LogP contribution in [0.1, 0.15) is 73.6 Å². The van der Waals surface area contributed by atoms with Crippen molar-refractivity contribution in [1.29, 1.82) is 0 Å². The highest BCUT2D eigenvalue weighted by molar-refractivity contribution is 5.66. The number of aliphatic hydroxyl groups is 1. The van der Waals surface area contributed by atoms with Crippen LogP contribution in [0.5, 0.6) is 17.5 Å². The van der Waals surface area contributed by atoms with Gasteiger partial charge in [-0.25, -0.2) is 19.3 Å². The Balaban J connectivity index is 1.36. The number of hydrogen-bond donors (Lipinski definition) is 3. The molecule has 5 aromatic rings. The van der Waals surface area contributed by atoms with E-state index in [9.17, 15) is 9.90 Å². The summed E-state index contributed by atoms with van der Waals surface area (Å²) in [5.41, 5.74) is 4.47. The third-order valence-corrected chi connectivity index (χ3v) is 9.51. The van der Waals surface area contributed by atoms with E-state index in [1.807, 2.05) is 68.4 Å². The van der Waals surface area contributed by atoms with E-state index >= 15 is 0 Å². The first-order chi connectivity index (χ1) is 25.6. The molecule has 0 aliphatic carbocycles. The average Bonchev–Trinajstić information content (AvgIpc) is 3.58. The number of hydrogen-bond acceptors (Lipinski definition) is 11. The molecule has 2 aromatic carbocycles. The quantitative estimate of drug-likeness (QED) is 0.117. The molecule has 1 amide bonds. The van der Waals surface area contributed by atoms with Crippen molar-refractivity contribution in [3.05, 3.63) is 94.9 Å². The van der Waals surface area contributed by atoms with Gasteiger partial charge in [0.25, 0.3) is 0 Å². The fourth-order valence-corrected chi connectivity index (χ4v) is 6.72. The van der Waals surface area contributed by atoms with Gasteiger partial charge >= 0.3 is 12.1 Å². The van der Waals surface area contributed by atoms with Crippen LogP contribution < -0.4 is 29.3 Å². The van der Waals surface area contributed by atoms with Crippen molar-refractivity contribution in [3.8, 4) is 17.5 Å². The van der Waals surface area contributed by atoms with Gasteiger partial charge in [-0.2, -0.15) is 4.98 Å². The number of nitrogens with one attached hydrogen (secondary N) is 1. The second-order valence-corrected chi connectivity index (χ2v) is 13.4. The molecule has 53 heavy (non-hydrogen) atoms. The molecule has 14 nitrogen and oxygen atoms in total. The lowest BCUT2D eigenvalue weighted by Crippen LogP contribution is -2.44. The SMILES string of the molecule is CCC[C@H](C)Oc1nc(N(Cc2ccc(OC)cc2)Cc2ccc(OC)cc2)c2ncc(C(O)c3cnc(N4CCC(NC(=O)O)CC4)c(C)c3)n2n1. The number of methoxy groups -OCH3 is 2. The number of carboxylic acid groups (broad SMARTS) is 1. The minimum atomic E-state index is -1.10. The first-order valence-electron chi connectivity index (χ1n) is 18.0. The summed E-state index contributed by atoms with van der Waals surface area (Å²) in [6.07, 6.45) is 4.20. The highest BCUT2D eigenvalue weighted by Gasteiger charge is 2.26. The van der Waals surface area contributed by atoms with Gasteiger partial charge in [0.15, 0.2) is 11.5 Å². The number of aliphatic hydroxyl groups excluding tert-OH is 1. The van der Waals surface area contributed by atoms with E-state index in [2.05, 4.69) is 22.0 Å². The number of fused-ring (bicyclic) bond motifs is 1. The third kappa shape index (κ3) is 8.88. The molecule has 0 bridgehead atoms. The van der Waals surface area contributed by atoms with Gasteiger partial charge in [0.2, 0.25) is 0 Å². The third-order valence-electron chi connectivity index (χ3n) is 9.51. The first-order valence-corrected chi connectivity index (χ1v) is 18.0. The number of aromatic nitrogens is 5. The summed E-state index contributed by atoms with van der Waals surface area (Å²) >= 11 is 0. The number of aryl methyl sites for hydroxylation is 1. The van der Waals surface area contributed by atoms with Crippen molar-refractivity contribution in [2.75, 3.05) is 37.1 Å². The van der Waals surface area contributed by atoms with E-state index in [-0.39, 0.29) is 18.2 Å². The zero-order valence-electron chi connectivity index (χ0n) is 30.9. The number of imidazole rings is 1. The van der Waals surface area contributed by atoms with Gasteiger partial charge in [0.05, 0.1) is 32.2 Å². The predicted molar refractivity (Wildman–Crippen MR) is 201 cm³/mol. The Morgan fingerprint density at radius 3 is 2.15 bits per heavy atom. The summed E-state index contributed by atoms with van der Waals surface area (Å²) in [7, 11) is 3.29. The van der Waals surface area contributed by atoms with Gasteiger partial charge in [0.1, 0.15) is 23.4 Å². The number of anilines is 2. The molecule has 1 aliphatic rings. The molecular formula is C39H48N8O6. The highest BCUT2D eigenvalue weighted by Crippen LogP contribution is 2.31. The predicted octanol–water partition coefficient (Wildman–Crippen LogP) is 5.94. The molecule has 1 unspecified atom stereocenters. The topological polar surface area (TPSA) is 160 Å². The Hall–Kier alpha value is -5.63. The number of nitrogens with zero attached hydrogens (tertiary/aromatic N) is 7. The van der Waals surface area contributed by atoms with Crippen LogP contribution in [0.15, 0.2) is 67.0 Å². The van der Waals surface area contributed by atoms with Crippen LogP contribution in [-0.2, 0) is 13.1 Å². The molecule has 0 spiro atoms. The Morgan fingerprint density at radius 1 is 0.981 bits per heavy atom. The van der Waals surface area contributed by atoms with Gasteiger partial charge in [-0.3, -0.25) is 0 Å². The molecule has 6 rings (SSSR count). The monoisotopic (exact) mass is 724 g/mol. The molecule has 280 valence electrons. The van der Waals surface area contributed by atoms with Gasteiger partial charge in [-0.05, 0) is 80.1 Å². The molecule has 3 aromatic heterocycles. The largest absolute Gasteiger partial charge is 0.497 e. The average molecular weight is 725 g/mol. The van der Waals surface area contributed by atoms with Gasteiger partial charge in [-0.15, -0.1) is 5.10 Å². The Bertz CT molecular complexity index is 1930. The van der Waals surface area contributed by atoms with Gasteiger partial charge < -0.3 is 39.5 Å². The molecule has 0 saturated carbocycles. The van der Waals surface area contributed by atoms with Gasteiger partial charge in [0, 0.05) is 44.0 Å². The maximum atomic E-state index is 11.9. The van der Waals surface area contributed by atoms with Crippen molar-refractivity contribution in [3.63, 3.8) is 0 Å². The summed E-state index contributed by atoms with van der Waals surface area (Å²) in [5, 5.41) is 28.3. The summed E-state index contributed by atoms with van der Waals surface area (Å²) < 4.78 is 18.7. The second-order valence-electron chi connectivity index (χ2n) is 13.4. The number of carbonyl (C=O) groups is 1. The van der Waals surface area contributed by atoms with Gasteiger partial charge in [-0.1, -0.05) is 37.6 Å². The van der Waals surface area contributed by atoms with Crippen LogP contribution >= 0.6 is 0 Å². The number of benzene rings is 2. The van der Waals surface area contributed by atoms with Crippen molar-refractivity contribution in [2.45, 2.75) is 77.8 Å². The van der Waals surface area contributed by atoms with E-state index in [0.29, 0.717) is 61.7 Å². The maximum absolute atomic E-state index is 11.9. The van der Waals surface area contributed by atoms with Crippen LogP contribution in [-0.4, -0.2) is 80.3 Å². The fraction of sp³-hybridized carbons (Fsp3) is 0.410. The second kappa shape index (κ2) is 16.8. The lowest BCUT2D eigenvalue weighted by molar-refractivity contribution is 0.186. The molecule has 1 aliphatic heterocycles. The van der Waals surface area contributed by atoms with Crippen LogP contribution in [0.3, 0.4) is 0 Å². The minimum absolute atomic E-state index is 0.0747. The molecular weight excluding hydrogens is 676 g/mol. The maximum Gasteiger partial charge on any atom is 0.404 e. The van der Waals surface area contributed by atoms with Crippen molar-refractivity contribution >= 4 is 23.4 Å². The lowest BCUT2D eigenvalue weighted by Gasteiger charge is -2.33. The lowest BCUT2D eigenvalue weighted by atomic mass is 10.0. The van der Waals surface area contributed by atoms with Crippen LogP contribution in [0.2, 0.25) is 0 Å². The van der Waals surface area contributed by atoms with Crippen molar-refractivity contribution < 1.29 is 29.2 Å². The van der Waals surface area contributed by atoms with E-state index in [4.69, 9.17) is 39.4 Å². The Morgan fingerprint density at radius 2 is 1.60 bits per heavy atom. The van der Waals surface area contributed by atoms with E-state index < -0.39 is 12.2 Å².